The number of hydrogen-bond acceptors (Lipinski definition) is 2. The minimum absolute atomic E-state index is 0.00497. The van der Waals surface area contributed by atoms with E-state index in [4.69, 9.17) is 0 Å². The molecule has 1 aromatic rings. The van der Waals surface area contributed by atoms with Gasteiger partial charge in [-0.05, 0) is 44.1 Å². The van der Waals surface area contributed by atoms with Crippen molar-refractivity contribution in [1.29, 1.82) is 0 Å². The van der Waals surface area contributed by atoms with Crippen LogP contribution in [0.5, 0.6) is 0 Å². The highest BCUT2D eigenvalue weighted by Gasteiger charge is 2.25. The van der Waals surface area contributed by atoms with Crippen molar-refractivity contribution in [1.82, 2.24) is 5.32 Å². The lowest BCUT2D eigenvalue weighted by Crippen LogP contribution is -2.39. The molecule has 1 amide bonds. The Kier molecular flexibility index (Phi) is 4.35. The molecule has 1 saturated heterocycles. The molecule has 0 aliphatic carbocycles. The van der Waals surface area contributed by atoms with E-state index in [9.17, 15) is 9.18 Å². The van der Waals surface area contributed by atoms with Gasteiger partial charge in [0.2, 0.25) is 5.91 Å². The largest absolute Gasteiger partial charge is 0.317 e. The van der Waals surface area contributed by atoms with E-state index in [0.717, 1.165) is 30.4 Å². The van der Waals surface area contributed by atoms with E-state index in [-0.39, 0.29) is 17.6 Å². The molecule has 0 spiro atoms. The summed E-state index contributed by atoms with van der Waals surface area (Å²) in [6, 6.07) is 4.63. The van der Waals surface area contributed by atoms with Crippen LogP contribution in [0, 0.1) is 11.7 Å². The first-order valence-corrected chi connectivity index (χ1v) is 6.82. The van der Waals surface area contributed by atoms with Crippen LogP contribution in [0.1, 0.15) is 12.8 Å². The van der Waals surface area contributed by atoms with E-state index >= 15 is 0 Å². The molecule has 1 aliphatic heterocycles. The summed E-state index contributed by atoms with van der Waals surface area (Å²) in [4.78, 5) is 13.7. The van der Waals surface area contributed by atoms with Gasteiger partial charge in [0.15, 0.2) is 0 Å². The fourth-order valence-electron chi connectivity index (χ4n) is 2.20. The Morgan fingerprint density at radius 1 is 1.44 bits per heavy atom. The smallest absolute Gasteiger partial charge is 0.230 e. The molecule has 1 N–H and O–H groups in total. The van der Waals surface area contributed by atoms with Crippen molar-refractivity contribution in [2.45, 2.75) is 12.8 Å². The Balaban J connectivity index is 2.16. The fourth-order valence-corrected chi connectivity index (χ4v) is 2.55. The van der Waals surface area contributed by atoms with Crippen molar-refractivity contribution in [2.24, 2.45) is 5.92 Å². The Hall–Kier alpha value is -0.940. The van der Waals surface area contributed by atoms with Gasteiger partial charge in [0.05, 0.1) is 5.69 Å². The van der Waals surface area contributed by atoms with E-state index < -0.39 is 0 Å². The zero-order chi connectivity index (χ0) is 13.1. The van der Waals surface area contributed by atoms with Crippen molar-refractivity contribution >= 4 is 27.5 Å². The quantitative estimate of drug-likeness (QED) is 0.910. The van der Waals surface area contributed by atoms with Crippen LogP contribution in [0.2, 0.25) is 0 Å². The van der Waals surface area contributed by atoms with Gasteiger partial charge in [0.25, 0.3) is 0 Å². The lowest BCUT2D eigenvalue weighted by Gasteiger charge is -2.27. The van der Waals surface area contributed by atoms with E-state index in [2.05, 4.69) is 21.2 Å². The first-order valence-electron chi connectivity index (χ1n) is 6.03. The number of nitrogens with one attached hydrogen (secondary N) is 1. The van der Waals surface area contributed by atoms with Gasteiger partial charge in [-0.2, -0.15) is 0 Å². The summed E-state index contributed by atoms with van der Waals surface area (Å²) >= 11 is 3.30. The van der Waals surface area contributed by atoms with Crippen LogP contribution in [0.4, 0.5) is 10.1 Å². The van der Waals surface area contributed by atoms with E-state index in [1.165, 1.54) is 11.0 Å². The second kappa shape index (κ2) is 5.80. The third kappa shape index (κ3) is 2.90. The standard InChI is InChI=1S/C13H16BrFN2O/c1-17(12-8-10(14)2-3-11(12)15)13(18)9-4-6-16-7-5-9/h2-3,8-9,16H,4-7H2,1H3. The molecule has 0 atom stereocenters. The molecule has 0 unspecified atom stereocenters. The first-order chi connectivity index (χ1) is 8.59. The van der Waals surface area contributed by atoms with Crippen LogP contribution in [0.25, 0.3) is 0 Å². The summed E-state index contributed by atoms with van der Waals surface area (Å²) in [6.45, 7) is 1.70. The SMILES string of the molecule is CN(C(=O)C1CCNCC1)c1cc(Br)ccc1F. The molecule has 2 rings (SSSR count). The van der Waals surface area contributed by atoms with Crippen LogP contribution < -0.4 is 10.2 Å². The van der Waals surface area contributed by atoms with Gasteiger partial charge in [-0.3, -0.25) is 4.79 Å². The highest BCUT2D eigenvalue weighted by atomic mass is 79.9. The number of hydrogen-bond donors (Lipinski definition) is 1. The van der Waals surface area contributed by atoms with Crippen LogP contribution >= 0.6 is 15.9 Å². The number of anilines is 1. The molecular weight excluding hydrogens is 299 g/mol. The number of carbonyl (C=O) groups excluding carboxylic acids is 1. The molecule has 0 saturated carbocycles. The Labute approximate surface area is 114 Å². The van der Waals surface area contributed by atoms with Crippen molar-refractivity contribution < 1.29 is 9.18 Å². The molecule has 1 heterocycles. The second-order valence-electron chi connectivity index (χ2n) is 4.52. The van der Waals surface area contributed by atoms with Gasteiger partial charge >= 0.3 is 0 Å². The van der Waals surface area contributed by atoms with E-state index in [1.54, 1.807) is 19.2 Å². The Bertz CT molecular complexity index is 447. The molecule has 0 bridgehead atoms. The van der Waals surface area contributed by atoms with Crippen LogP contribution in [-0.4, -0.2) is 26.0 Å². The van der Waals surface area contributed by atoms with E-state index in [0.29, 0.717) is 5.69 Å². The first kappa shape index (κ1) is 13.5. The topological polar surface area (TPSA) is 32.3 Å². The van der Waals surface area contributed by atoms with Crippen molar-refractivity contribution in [3.63, 3.8) is 0 Å². The molecule has 5 heteroatoms. The number of rotatable bonds is 2. The molecule has 98 valence electrons. The fraction of sp³-hybridized carbons (Fsp3) is 0.462. The molecule has 0 radical (unpaired) electrons. The minimum Gasteiger partial charge on any atom is -0.317 e. The number of piperidine rings is 1. The van der Waals surface area contributed by atoms with Gasteiger partial charge in [0.1, 0.15) is 5.82 Å². The van der Waals surface area contributed by atoms with Gasteiger partial charge < -0.3 is 10.2 Å². The number of nitrogens with zero attached hydrogens (tertiary/aromatic N) is 1. The molecule has 0 aromatic heterocycles. The average molecular weight is 315 g/mol. The maximum atomic E-state index is 13.7. The lowest BCUT2D eigenvalue weighted by atomic mass is 9.96. The number of carbonyl (C=O) groups is 1. The van der Waals surface area contributed by atoms with Crippen molar-refractivity contribution in [3.8, 4) is 0 Å². The monoisotopic (exact) mass is 314 g/mol. The number of amides is 1. The predicted molar refractivity (Wildman–Crippen MR) is 73.1 cm³/mol. The van der Waals surface area contributed by atoms with E-state index in [1.807, 2.05) is 0 Å². The van der Waals surface area contributed by atoms with Crippen LogP contribution in [-0.2, 0) is 4.79 Å². The van der Waals surface area contributed by atoms with Crippen LogP contribution in [0.15, 0.2) is 22.7 Å². The van der Waals surface area contributed by atoms with Gasteiger partial charge in [-0.25, -0.2) is 4.39 Å². The van der Waals surface area contributed by atoms with Crippen molar-refractivity contribution in [3.05, 3.63) is 28.5 Å². The Morgan fingerprint density at radius 3 is 2.78 bits per heavy atom. The molecule has 1 aromatic carbocycles. The summed E-state index contributed by atoms with van der Waals surface area (Å²) in [5.74, 6) is -0.383. The van der Waals surface area contributed by atoms with Gasteiger partial charge in [0, 0.05) is 17.4 Å². The third-order valence-electron chi connectivity index (χ3n) is 3.29. The zero-order valence-electron chi connectivity index (χ0n) is 10.2. The third-order valence-corrected chi connectivity index (χ3v) is 3.78. The minimum atomic E-state index is -0.372. The molecule has 3 nitrogen and oxygen atoms in total. The van der Waals surface area contributed by atoms with Gasteiger partial charge in [-0.15, -0.1) is 0 Å². The number of halogens is 2. The molecule has 1 fully saturated rings. The maximum Gasteiger partial charge on any atom is 0.230 e. The second-order valence-corrected chi connectivity index (χ2v) is 5.43. The zero-order valence-corrected chi connectivity index (χ0v) is 11.8. The normalized spacial score (nSPS) is 16.6. The lowest BCUT2D eigenvalue weighted by molar-refractivity contribution is -0.122. The summed E-state index contributed by atoms with van der Waals surface area (Å²) in [5.41, 5.74) is 0.327. The average Bonchev–Trinajstić information content (AvgIpc) is 2.41. The molecule has 18 heavy (non-hydrogen) atoms. The summed E-state index contributed by atoms with van der Waals surface area (Å²) in [7, 11) is 1.63. The highest BCUT2D eigenvalue weighted by Crippen LogP contribution is 2.25. The predicted octanol–water partition coefficient (Wildman–Crippen LogP) is 2.55. The van der Waals surface area contributed by atoms with Crippen LogP contribution in [0.3, 0.4) is 0 Å². The number of benzene rings is 1. The summed E-state index contributed by atoms with van der Waals surface area (Å²) < 4.78 is 14.5. The highest BCUT2D eigenvalue weighted by molar-refractivity contribution is 9.10. The summed E-state index contributed by atoms with van der Waals surface area (Å²) in [5, 5.41) is 3.22. The molecule has 1 aliphatic rings. The van der Waals surface area contributed by atoms with Crippen molar-refractivity contribution in [2.75, 3.05) is 25.0 Å². The van der Waals surface area contributed by atoms with Gasteiger partial charge in [-0.1, -0.05) is 15.9 Å². The Morgan fingerprint density at radius 2 is 2.11 bits per heavy atom. The summed E-state index contributed by atoms with van der Waals surface area (Å²) in [6.07, 6.45) is 1.64. The maximum absolute atomic E-state index is 13.7. The molecular formula is C13H16BrFN2O.